The van der Waals surface area contributed by atoms with Crippen molar-refractivity contribution < 1.29 is 61.3 Å². The molecule has 0 spiro atoms. The van der Waals surface area contributed by atoms with Gasteiger partial charge in [-0.15, -0.1) is 0 Å². The van der Waals surface area contributed by atoms with Crippen molar-refractivity contribution in [3.63, 3.8) is 0 Å². The van der Waals surface area contributed by atoms with E-state index in [4.69, 9.17) is 5.11 Å². The normalized spacial score (nSPS) is 28.5. The molecule has 0 aliphatic carbocycles. The molecule has 70 valence electrons. The molecule has 0 saturated carbocycles. The second-order valence-corrected chi connectivity index (χ2v) is 5.38. The third-order valence-corrected chi connectivity index (χ3v) is 4.75. The minimum absolute atomic E-state index is 0. The van der Waals surface area contributed by atoms with Crippen LogP contribution in [-0.2, 0) is 4.79 Å². The first-order valence-electron chi connectivity index (χ1n) is 4.19. The second kappa shape index (κ2) is 7.96. The number of aliphatic hydroxyl groups excluding tert-OH is 1. The Bertz CT molecular complexity index is 159. The molecule has 5 heteroatoms. The molecule has 13 heavy (non-hydrogen) atoms. The van der Waals surface area contributed by atoms with E-state index < -0.39 is 0 Å². The summed E-state index contributed by atoms with van der Waals surface area (Å²) < 4.78 is 0. The molecule has 1 aliphatic rings. The van der Waals surface area contributed by atoms with E-state index in [1.54, 1.807) is 0 Å². The van der Waals surface area contributed by atoms with Gasteiger partial charge in [-0.2, -0.15) is 0 Å². The van der Waals surface area contributed by atoms with Gasteiger partial charge in [-0.3, -0.25) is 0 Å². The largest absolute Gasteiger partial charge is 1.00 e. The van der Waals surface area contributed by atoms with Crippen LogP contribution in [0.15, 0.2) is 0 Å². The Morgan fingerprint density at radius 2 is 2.38 bits per heavy atom. The zero-order chi connectivity index (χ0) is 8.97. The van der Waals surface area contributed by atoms with Crippen LogP contribution in [0.5, 0.6) is 0 Å². The van der Waals surface area contributed by atoms with Crippen LogP contribution >= 0.6 is 0 Å². The van der Waals surface area contributed by atoms with Crippen LogP contribution in [0.4, 0.5) is 0 Å². The minimum Gasteiger partial charge on any atom is 1.00 e. The second-order valence-electron chi connectivity index (χ2n) is 2.84. The standard InChI is InChI=1S/C8H14NO2Se.K/c1-2-3-9-7(4-10)6-12-8(9)5-11;/h7-8,11H,2-3,5-6H2,1H3;/q-1;+1/t7-,8?;/m1./s1. The summed E-state index contributed by atoms with van der Waals surface area (Å²) in [5.74, 6) is 0. The van der Waals surface area contributed by atoms with Gasteiger partial charge in [0.2, 0.25) is 0 Å². The molecule has 1 N–H and O–H groups in total. The summed E-state index contributed by atoms with van der Waals surface area (Å²) in [4.78, 5) is 12.9. The Kier molecular flexibility index (Phi) is 9.03. The molecule has 0 bridgehead atoms. The van der Waals surface area contributed by atoms with E-state index in [1.807, 2.05) is 6.29 Å². The summed E-state index contributed by atoms with van der Waals surface area (Å²) in [5, 5.41) is 9.94. The van der Waals surface area contributed by atoms with E-state index in [0.717, 1.165) is 18.3 Å². The van der Waals surface area contributed by atoms with Crippen molar-refractivity contribution in [3.8, 4) is 0 Å². The average molecular weight is 274 g/mol. The number of aliphatic hydroxyl groups is 1. The first-order valence-corrected chi connectivity index (χ1v) is 6.39. The number of hydrogen-bond donors (Lipinski definition) is 1. The van der Waals surface area contributed by atoms with Crippen molar-refractivity contribution in [1.29, 1.82) is 0 Å². The maximum Gasteiger partial charge on any atom is 1.00 e. The van der Waals surface area contributed by atoms with Crippen molar-refractivity contribution in [1.82, 2.24) is 4.90 Å². The molecule has 0 amide bonds. The number of nitrogens with zero attached hydrogens (tertiary/aromatic N) is 1. The van der Waals surface area contributed by atoms with Crippen LogP contribution in [0.3, 0.4) is 0 Å². The summed E-state index contributed by atoms with van der Waals surface area (Å²) in [7, 11) is 0. The van der Waals surface area contributed by atoms with Gasteiger partial charge in [0, 0.05) is 0 Å². The molecular weight excluding hydrogens is 260 g/mol. The zero-order valence-electron chi connectivity index (χ0n) is 8.19. The summed E-state index contributed by atoms with van der Waals surface area (Å²) in [6.07, 6.45) is 3.08. The van der Waals surface area contributed by atoms with Gasteiger partial charge >= 0.3 is 130 Å². The Morgan fingerprint density at radius 1 is 1.69 bits per heavy atom. The molecule has 0 radical (unpaired) electrons. The molecule has 1 heterocycles. The molecule has 2 atom stereocenters. The van der Waals surface area contributed by atoms with Crippen LogP contribution in [0.1, 0.15) is 13.3 Å². The van der Waals surface area contributed by atoms with Crippen molar-refractivity contribution >= 4 is 21.2 Å². The Morgan fingerprint density at radius 3 is 2.85 bits per heavy atom. The van der Waals surface area contributed by atoms with Crippen molar-refractivity contribution in [3.05, 3.63) is 0 Å². The Balaban J connectivity index is 0.00000144. The van der Waals surface area contributed by atoms with Gasteiger partial charge in [0.1, 0.15) is 0 Å². The molecule has 3 nitrogen and oxygen atoms in total. The van der Waals surface area contributed by atoms with E-state index in [9.17, 15) is 4.79 Å². The SMILES string of the molecule is CCCN1C(CO)[Se]C[C@H]1[C-]=O.[K+]. The molecule has 1 saturated heterocycles. The summed E-state index contributed by atoms with van der Waals surface area (Å²) in [6, 6.07) is -0.0397. The first kappa shape index (κ1) is 14.7. The van der Waals surface area contributed by atoms with Gasteiger partial charge in [0.05, 0.1) is 0 Å². The fraction of sp³-hybridized carbons (Fsp3) is 0.875. The monoisotopic (exact) mass is 275 g/mol. The van der Waals surface area contributed by atoms with Gasteiger partial charge in [0.25, 0.3) is 0 Å². The number of carbonyl (C=O) groups excluding carboxylic acids is 1. The molecule has 1 aliphatic heterocycles. The third-order valence-electron chi connectivity index (χ3n) is 1.99. The van der Waals surface area contributed by atoms with Crippen LogP contribution in [-0.4, -0.2) is 55.4 Å². The minimum atomic E-state index is -0.0397. The molecule has 0 aromatic carbocycles. The fourth-order valence-electron chi connectivity index (χ4n) is 1.41. The van der Waals surface area contributed by atoms with Gasteiger partial charge in [-0.25, -0.2) is 0 Å². The number of hydrogen-bond acceptors (Lipinski definition) is 3. The van der Waals surface area contributed by atoms with Crippen LogP contribution < -0.4 is 51.4 Å². The summed E-state index contributed by atoms with van der Waals surface area (Å²) in [6.45, 7) is 3.19. The molecular formula is C8H14KNO2Se. The summed E-state index contributed by atoms with van der Waals surface area (Å²) in [5.41, 5.74) is 0. The van der Waals surface area contributed by atoms with Gasteiger partial charge in [-0.05, 0) is 0 Å². The number of rotatable bonds is 4. The molecule has 0 aromatic rings. The smallest absolute Gasteiger partial charge is 1.00 e. The van der Waals surface area contributed by atoms with Crippen LogP contribution in [0.2, 0.25) is 5.32 Å². The molecule has 0 aromatic heterocycles. The van der Waals surface area contributed by atoms with E-state index in [-0.39, 0.29) is 69.0 Å². The maximum atomic E-state index is 10.5. The first-order chi connectivity index (χ1) is 5.83. The van der Waals surface area contributed by atoms with Crippen molar-refractivity contribution in [2.45, 2.75) is 29.6 Å². The van der Waals surface area contributed by atoms with Gasteiger partial charge in [0.15, 0.2) is 0 Å². The summed E-state index contributed by atoms with van der Waals surface area (Å²) >= 11 is 0.395. The van der Waals surface area contributed by atoms with Crippen LogP contribution in [0, 0.1) is 0 Å². The average Bonchev–Trinajstić information content (AvgIpc) is 2.48. The topological polar surface area (TPSA) is 40.5 Å². The molecule has 1 unspecified atom stereocenters. The van der Waals surface area contributed by atoms with Crippen molar-refractivity contribution in [2.75, 3.05) is 13.2 Å². The van der Waals surface area contributed by atoms with E-state index >= 15 is 0 Å². The van der Waals surface area contributed by atoms with Crippen LogP contribution in [0.25, 0.3) is 0 Å². The predicted octanol–water partition coefficient (Wildman–Crippen LogP) is -3.36. The van der Waals surface area contributed by atoms with Crippen molar-refractivity contribution in [2.24, 2.45) is 0 Å². The van der Waals surface area contributed by atoms with E-state index in [0.29, 0.717) is 15.0 Å². The van der Waals surface area contributed by atoms with Gasteiger partial charge in [-0.1, -0.05) is 0 Å². The van der Waals surface area contributed by atoms with E-state index in [2.05, 4.69) is 11.8 Å². The van der Waals surface area contributed by atoms with Gasteiger partial charge < -0.3 is 0 Å². The third kappa shape index (κ3) is 4.01. The predicted molar refractivity (Wildman–Crippen MR) is 47.9 cm³/mol. The molecule has 1 fully saturated rings. The Hall–Kier alpha value is 1.75. The fourth-order valence-corrected chi connectivity index (χ4v) is 3.96. The molecule has 1 rings (SSSR count). The Labute approximate surface area is 128 Å². The van der Waals surface area contributed by atoms with E-state index in [1.165, 1.54) is 0 Å². The zero-order valence-corrected chi connectivity index (χ0v) is 13.0. The quantitative estimate of drug-likeness (QED) is 0.430. The maximum absolute atomic E-state index is 10.5.